The predicted molar refractivity (Wildman–Crippen MR) is 87.0 cm³/mol. The minimum atomic E-state index is -0.301. The molecule has 126 valence electrons. The van der Waals surface area contributed by atoms with Crippen LogP contribution in [0.4, 0.5) is 0 Å². The van der Waals surface area contributed by atoms with Crippen LogP contribution in [0.25, 0.3) is 0 Å². The Labute approximate surface area is 140 Å². The lowest BCUT2D eigenvalue weighted by molar-refractivity contribution is -0.124. The molecule has 0 bridgehead atoms. The highest BCUT2D eigenvalue weighted by atomic mass is 16.3. The summed E-state index contributed by atoms with van der Waals surface area (Å²) in [4.78, 5) is 30.6. The van der Waals surface area contributed by atoms with E-state index >= 15 is 0 Å². The molecule has 1 fully saturated rings. The summed E-state index contributed by atoms with van der Waals surface area (Å²) in [6, 6.07) is 6.90. The van der Waals surface area contributed by atoms with Gasteiger partial charge in [-0.3, -0.25) is 19.5 Å². The number of nitrogens with one attached hydrogen (secondary N) is 2. The number of likely N-dealkylation sites (tertiary alicyclic amines) is 1. The fourth-order valence-corrected chi connectivity index (χ4v) is 3.01. The Morgan fingerprint density at radius 1 is 1.29 bits per heavy atom. The molecule has 3 heterocycles. The maximum Gasteiger partial charge on any atom is 0.287 e. The van der Waals surface area contributed by atoms with Crippen LogP contribution in [0.1, 0.15) is 16.1 Å². The Hall–Kier alpha value is -2.67. The highest BCUT2D eigenvalue weighted by molar-refractivity contribution is 5.92. The molecule has 3 rings (SSSR count). The van der Waals surface area contributed by atoms with Gasteiger partial charge in [0.2, 0.25) is 5.91 Å². The third-order valence-electron chi connectivity index (χ3n) is 4.20. The SMILES string of the molecule is CNC(=O)[C@H]1CN(Cc2ccncc2)C[C@@H]1NC(=O)c1ccco1. The first-order valence-corrected chi connectivity index (χ1v) is 7.84. The van der Waals surface area contributed by atoms with Crippen molar-refractivity contribution >= 4 is 11.8 Å². The number of furan rings is 1. The van der Waals surface area contributed by atoms with Crippen LogP contribution in [0.3, 0.4) is 0 Å². The van der Waals surface area contributed by atoms with Crippen molar-refractivity contribution in [1.82, 2.24) is 20.5 Å². The summed E-state index contributed by atoms with van der Waals surface area (Å²) in [5.74, 6) is -0.421. The Bertz CT molecular complexity index is 687. The maximum absolute atomic E-state index is 12.2. The number of carbonyl (C=O) groups is 2. The number of aromatic nitrogens is 1. The van der Waals surface area contributed by atoms with Crippen LogP contribution in [0.2, 0.25) is 0 Å². The summed E-state index contributed by atoms with van der Waals surface area (Å²) in [5, 5.41) is 5.59. The summed E-state index contributed by atoms with van der Waals surface area (Å²) >= 11 is 0. The van der Waals surface area contributed by atoms with E-state index in [0.29, 0.717) is 19.6 Å². The van der Waals surface area contributed by atoms with E-state index in [-0.39, 0.29) is 29.5 Å². The fourth-order valence-electron chi connectivity index (χ4n) is 3.01. The van der Waals surface area contributed by atoms with E-state index < -0.39 is 0 Å². The first-order chi connectivity index (χ1) is 11.7. The smallest absolute Gasteiger partial charge is 0.287 e. The number of nitrogens with zero attached hydrogens (tertiary/aromatic N) is 2. The summed E-state index contributed by atoms with van der Waals surface area (Å²) in [5.41, 5.74) is 1.12. The average Bonchev–Trinajstić information content (AvgIpc) is 3.25. The normalized spacial score (nSPS) is 20.7. The van der Waals surface area contributed by atoms with Crippen LogP contribution in [-0.2, 0) is 11.3 Å². The lowest BCUT2D eigenvalue weighted by Crippen LogP contribution is -2.45. The second-order valence-electron chi connectivity index (χ2n) is 5.83. The summed E-state index contributed by atoms with van der Waals surface area (Å²) in [6.45, 7) is 1.90. The fraction of sp³-hybridized carbons (Fsp3) is 0.353. The van der Waals surface area contributed by atoms with Crippen molar-refractivity contribution in [2.75, 3.05) is 20.1 Å². The van der Waals surface area contributed by atoms with Gasteiger partial charge in [-0.05, 0) is 29.8 Å². The number of hydrogen-bond donors (Lipinski definition) is 2. The standard InChI is InChI=1S/C17H20N4O3/c1-18-16(22)13-10-21(9-12-4-6-19-7-5-12)11-14(13)20-17(23)15-3-2-8-24-15/h2-8,13-14H,9-11H2,1H3,(H,18,22)(H,20,23)/t13-,14-/m0/s1. The molecule has 0 radical (unpaired) electrons. The van der Waals surface area contributed by atoms with E-state index in [2.05, 4.69) is 20.5 Å². The number of carbonyl (C=O) groups excluding carboxylic acids is 2. The van der Waals surface area contributed by atoms with E-state index in [0.717, 1.165) is 5.56 Å². The minimum Gasteiger partial charge on any atom is -0.459 e. The molecule has 7 heteroatoms. The van der Waals surface area contributed by atoms with Crippen molar-refractivity contribution < 1.29 is 14.0 Å². The van der Waals surface area contributed by atoms with Gasteiger partial charge in [-0.15, -0.1) is 0 Å². The summed E-state index contributed by atoms with van der Waals surface area (Å²) < 4.78 is 5.12. The zero-order valence-corrected chi connectivity index (χ0v) is 13.4. The Morgan fingerprint density at radius 2 is 2.08 bits per heavy atom. The van der Waals surface area contributed by atoms with E-state index in [9.17, 15) is 9.59 Å². The molecule has 2 amide bonds. The molecule has 1 aliphatic heterocycles. The number of amides is 2. The van der Waals surface area contributed by atoms with Crippen LogP contribution in [0, 0.1) is 5.92 Å². The second kappa shape index (κ2) is 7.27. The van der Waals surface area contributed by atoms with Gasteiger partial charge in [-0.1, -0.05) is 0 Å². The quantitative estimate of drug-likeness (QED) is 0.841. The second-order valence-corrected chi connectivity index (χ2v) is 5.83. The Morgan fingerprint density at radius 3 is 2.75 bits per heavy atom. The molecular weight excluding hydrogens is 308 g/mol. The molecule has 0 aliphatic carbocycles. The molecule has 2 aromatic rings. The molecule has 7 nitrogen and oxygen atoms in total. The highest BCUT2D eigenvalue weighted by Gasteiger charge is 2.38. The summed E-state index contributed by atoms with van der Waals surface area (Å²) in [7, 11) is 1.61. The van der Waals surface area contributed by atoms with Crippen LogP contribution in [0.5, 0.6) is 0 Å². The van der Waals surface area contributed by atoms with Crippen molar-refractivity contribution in [3.8, 4) is 0 Å². The monoisotopic (exact) mass is 328 g/mol. The first kappa shape index (κ1) is 16.2. The Balaban J connectivity index is 1.68. The van der Waals surface area contributed by atoms with Crippen LogP contribution in [-0.4, -0.2) is 47.9 Å². The maximum atomic E-state index is 12.2. The van der Waals surface area contributed by atoms with E-state index in [1.165, 1.54) is 6.26 Å². The van der Waals surface area contributed by atoms with E-state index in [4.69, 9.17) is 4.42 Å². The molecule has 0 unspecified atom stereocenters. The van der Waals surface area contributed by atoms with Gasteiger partial charge in [0.1, 0.15) is 0 Å². The minimum absolute atomic E-state index is 0.0722. The van der Waals surface area contributed by atoms with Crippen molar-refractivity contribution in [2.24, 2.45) is 5.92 Å². The van der Waals surface area contributed by atoms with Crippen LogP contribution in [0.15, 0.2) is 47.3 Å². The average molecular weight is 328 g/mol. The predicted octanol–water partition coefficient (Wildman–Crippen LogP) is 0.651. The number of pyridine rings is 1. The van der Waals surface area contributed by atoms with Crippen LogP contribution < -0.4 is 10.6 Å². The van der Waals surface area contributed by atoms with Gasteiger partial charge in [-0.2, -0.15) is 0 Å². The molecule has 24 heavy (non-hydrogen) atoms. The van der Waals surface area contributed by atoms with Crippen molar-refractivity contribution in [3.63, 3.8) is 0 Å². The van der Waals surface area contributed by atoms with Gasteiger partial charge in [0.25, 0.3) is 5.91 Å². The van der Waals surface area contributed by atoms with Gasteiger partial charge in [-0.25, -0.2) is 0 Å². The third-order valence-corrected chi connectivity index (χ3v) is 4.20. The molecule has 0 saturated carbocycles. The molecule has 1 aliphatic rings. The molecule has 2 N–H and O–H groups in total. The van der Waals surface area contributed by atoms with E-state index in [1.54, 1.807) is 31.6 Å². The molecule has 0 aromatic carbocycles. The largest absolute Gasteiger partial charge is 0.459 e. The summed E-state index contributed by atoms with van der Waals surface area (Å²) in [6.07, 6.45) is 4.95. The van der Waals surface area contributed by atoms with Crippen molar-refractivity contribution in [3.05, 3.63) is 54.2 Å². The van der Waals surface area contributed by atoms with Crippen molar-refractivity contribution in [2.45, 2.75) is 12.6 Å². The lowest BCUT2D eigenvalue weighted by Gasteiger charge is -2.18. The van der Waals surface area contributed by atoms with Gasteiger partial charge < -0.3 is 15.1 Å². The highest BCUT2D eigenvalue weighted by Crippen LogP contribution is 2.20. The van der Waals surface area contributed by atoms with Gasteiger partial charge in [0.05, 0.1) is 18.2 Å². The van der Waals surface area contributed by atoms with Crippen LogP contribution >= 0.6 is 0 Å². The number of rotatable bonds is 5. The molecule has 2 atom stereocenters. The van der Waals surface area contributed by atoms with Gasteiger partial charge >= 0.3 is 0 Å². The Kier molecular flexibility index (Phi) is 4.90. The number of hydrogen-bond acceptors (Lipinski definition) is 5. The first-order valence-electron chi connectivity index (χ1n) is 7.84. The molecule has 2 aromatic heterocycles. The molecule has 1 saturated heterocycles. The van der Waals surface area contributed by atoms with Gasteiger partial charge in [0.15, 0.2) is 5.76 Å². The lowest BCUT2D eigenvalue weighted by atomic mass is 10.0. The zero-order valence-electron chi connectivity index (χ0n) is 13.4. The molecular formula is C17H20N4O3. The third kappa shape index (κ3) is 3.62. The molecule has 0 spiro atoms. The van der Waals surface area contributed by atoms with E-state index in [1.807, 2.05) is 12.1 Å². The van der Waals surface area contributed by atoms with Gasteiger partial charge in [0, 0.05) is 39.1 Å². The van der Waals surface area contributed by atoms with Crippen molar-refractivity contribution in [1.29, 1.82) is 0 Å². The zero-order chi connectivity index (χ0) is 16.9. The topological polar surface area (TPSA) is 87.5 Å².